The van der Waals surface area contributed by atoms with Gasteiger partial charge in [-0.2, -0.15) is 0 Å². The second-order valence-electron chi connectivity index (χ2n) is 10.4. The summed E-state index contributed by atoms with van der Waals surface area (Å²) >= 11 is 3.37. The molecule has 3 aromatic rings. The van der Waals surface area contributed by atoms with E-state index in [0.29, 0.717) is 41.2 Å². The second-order valence-corrected chi connectivity index (χ2v) is 11.2. The van der Waals surface area contributed by atoms with Crippen LogP contribution in [0.5, 0.6) is 23.0 Å². The molecule has 0 heterocycles. The Morgan fingerprint density at radius 1 is 0.568 bits per heavy atom. The molecule has 0 saturated heterocycles. The van der Waals surface area contributed by atoms with Crippen LogP contribution in [-0.2, 0) is 9.59 Å². The lowest BCUT2D eigenvalue weighted by Crippen LogP contribution is -2.11. The molecule has 0 bridgehead atoms. The molecule has 0 aliphatic carbocycles. The van der Waals surface area contributed by atoms with Gasteiger partial charge in [-0.3, -0.25) is 9.59 Å². The fourth-order valence-electron chi connectivity index (χ4n) is 4.22. The minimum Gasteiger partial charge on any atom is -0.427 e. The van der Waals surface area contributed by atoms with E-state index < -0.39 is 11.9 Å². The van der Waals surface area contributed by atoms with Crippen LogP contribution in [-0.4, -0.2) is 29.2 Å². The molecule has 0 atom stereocenters. The normalized spacial score (nSPS) is 10.6. The van der Waals surface area contributed by atoms with E-state index in [9.17, 15) is 19.2 Å². The van der Waals surface area contributed by atoms with Gasteiger partial charge in [-0.1, -0.05) is 55.0 Å². The average Bonchev–Trinajstić information content (AvgIpc) is 3.01. The number of carbonyl (C=O) groups is 4. The lowest BCUT2D eigenvalue weighted by Gasteiger charge is -2.11. The van der Waals surface area contributed by atoms with Crippen LogP contribution in [0.3, 0.4) is 0 Å². The van der Waals surface area contributed by atoms with Crippen molar-refractivity contribution in [2.24, 2.45) is 0 Å². The summed E-state index contributed by atoms with van der Waals surface area (Å²) in [6.45, 7) is 3.87. The van der Waals surface area contributed by atoms with Gasteiger partial charge in [0.2, 0.25) is 0 Å². The van der Waals surface area contributed by atoms with E-state index in [-0.39, 0.29) is 23.3 Å². The maximum atomic E-state index is 12.7. The maximum absolute atomic E-state index is 12.7. The zero-order valence-electron chi connectivity index (χ0n) is 25.3. The van der Waals surface area contributed by atoms with E-state index in [0.717, 1.165) is 50.3 Å². The molecule has 0 amide bonds. The van der Waals surface area contributed by atoms with Crippen LogP contribution < -0.4 is 18.9 Å². The molecular formula is C35H39BrO8. The van der Waals surface area contributed by atoms with E-state index in [1.54, 1.807) is 43.3 Å². The monoisotopic (exact) mass is 666 g/mol. The van der Waals surface area contributed by atoms with Crippen LogP contribution in [0.15, 0.2) is 66.7 Å². The number of ether oxygens (including phenoxy) is 4. The highest BCUT2D eigenvalue weighted by Gasteiger charge is 2.15. The zero-order chi connectivity index (χ0) is 31.7. The van der Waals surface area contributed by atoms with E-state index in [1.165, 1.54) is 36.8 Å². The number of rotatable bonds is 17. The maximum Gasteiger partial charge on any atom is 0.343 e. The smallest absolute Gasteiger partial charge is 0.343 e. The molecule has 0 aliphatic heterocycles. The van der Waals surface area contributed by atoms with Crippen LogP contribution in [0, 0.1) is 6.92 Å². The van der Waals surface area contributed by atoms with E-state index >= 15 is 0 Å². The first-order valence-electron chi connectivity index (χ1n) is 15.0. The summed E-state index contributed by atoms with van der Waals surface area (Å²) in [6, 6.07) is 17.0. The highest BCUT2D eigenvalue weighted by molar-refractivity contribution is 9.09. The molecule has 0 aromatic heterocycles. The standard InChI is InChI=1S/C35H39BrO8/c1-3-4-5-6-8-11-32(37)41-28-17-13-26(14-18-28)34(39)43-30-21-22-31(25(2)24-30)44-35(40)27-15-19-29(20-16-27)42-33(38)12-9-7-10-23-36/h13-22,24H,3-12,23H2,1-2H3. The van der Waals surface area contributed by atoms with Gasteiger partial charge in [-0.15, -0.1) is 0 Å². The van der Waals surface area contributed by atoms with Crippen molar-refractivity contribution in [2.75, 3.05) is 5.33 Å². The molecular weight excluding hydrogens is 628 g/mol. The highest BCUT2D eigenvalue weighted by atomic mass is 79.9. The molecule has 0 spiro atoms. The number of halogens is 1. The number of unbranched alkanes of at least 4 members (excludes halogenated alkanes) is 6. The molecule has 8 nitrogen and oxygen atoms in total. The van der Waals surface area contributed by atoms with Crippen molar-refractivity contribution in [3.63, 3.8) is 0 Å². The number of aryl methyl sites for hydroxylation is 1. The molecule has 0 radical (unpaired) electrons. The lowest BCUT2D eigenvalue weighted by atomic mass is 10.1. The predicted molar refractivity (Wildman–Crippen MR) is 171 cm³/mol. The van der Waals surface area contributed by atoms with Crippen molar-refractivity contribution in [3.8, 4) is 23.0 Å². The van der Waals surface area contributed by atoms with Gasteiger partial charge in [0, 0.05) is 18.2 Å². The third-order valence-electron chi connectivity index (χ3n) is 6.70. The van der Waals surface area contributed by atoms with E-state index in [2.05, 4.69) is 22.9 Å². The topological polar surface area (TPSA) is 105 Å². The van der Waals surface area contributed by atoms with E-state index in [4.69, 9.17) is 18.9 Å². The Hall–Kier alpha value is -3.98. The second kappa shape index (κ2) is 18.6. The Labute approximate surface area is 267 Å². The number of alkyl halides is 1. The first-order valence-corrected chi connectivity index (χ1v) is 16.1. The minimum atomic E-state index is -0.581. The fourth-order valence-corrected chi connectivity index (χ4v) is 4.62. The van der Waals surface area contributed by atoms with Crippen molar-refractivity contribution in [1.29, 1.82) is 0 Å². The van der Waals surface area contributed by atoms with Gasteiger partial charge in [0.25, 0.3) is 0 Å². The largest absolute Gasteiger partial charge is 0.427 e. The minimum absolute atomic E-state index is 0.282. The van der Waals surface area contributed by atoms with Crippen LogP contribution in [0.1, 0.15) is 97.4 Å². The molecule has 0 fully saturated rings. The van der Waals surface area contributed by atoms with Crippen molar-refractivity contribution >= 4 is 39.8 Å². The van der Waals surface area contributed by atoms with Crippen molar-refractivity contribution in [3.05, 3.63) is 83.4 Å². The Morgan fingerprint density at radius 2 is 1.05 bits per heavy atom. The number of esters is 4. The molecule has 44 heavy (non-hydrogen) atoms. The third-order valence-corrected chi connectivity index (χ3v) is 7.26. The summed E-state index contributed by atoms with van der Waals surface area (Å²) < 4.78 is 21.7. The van der Waals surface area contributed by atoms with Crippen molar-refractivity contribution < 1.29 is 38.1 Å². The lowest BCUT2D eigenvalue weighted by molar-refractivity contribution is -0.135. The number of hydrogen-bond donors (Lipinski definition) is 0. The van der Waals surface area contributed by atoms with Gasteiger partial charge in [-0.25, -0.2) is 9.59 Å². The van der Waals surface area contributed by atoms with Gasteiger partial charge in [0.1, 0.15) is 23.0 Å². The number of benzene rings is 3. The van der Waals surface area contributed by atoms with Crippen molar-refractivity contribution in [2.45, 2.75) is 78.1 Å². The molecule has 3 aromatic carbocycles. The first-order chi connectivity index (χ1) is 21.3. The van der Waals surface area contributed by atoms with Crippen molar-refractivity contribution in [1.82, 2.24) is 0 Å². The van der Waals surface area contributed by atoms with Crippen LogP contribution >= 0.6 is 15.9 Å². The van der Waals surface area contributed by atoms with Crippen LogP contribution in [0.25, 0.3) is 0 Å². The molecule has 0 N–H and O–H groups in total. The summed E-state index contributed by atoms with van der Waals surface area (Å²) in [5, 5.41) is 0.910. The van der Waals surface area contributed by atoms with E-state index in [1.807, 2.05) is 0 Å². The average molecular weight is 668 g/mol. The first kappa shape index (κ1) is 34.5. The molecule has 9 heteroatoms. The summed E-state index contributed by atoms with van der Waals surface area (Å²) in [4.78, 5) is 49.4. The van der Waals surface area contributed by atoms with Gasteiger partial charge in [-0.05, 0) is 98.5 Å². The summed E-state index contributed by atoms with van der Waals surface area (Å²) in [7, 11) is 0. The molecule has 234 valence electrons. The SMILES string of the molecule is CCCCCCCC(=O)Oc1ccc(C(=O)Oc2ccc(OC(=O)c3ccc(OC(=O)CCCCCBr)cc3)c(C)c2)cc1. The Bertz CT molecular complexity index is 1380. The van der Waals surface area contributed by atoms with Gasteiger partial charge < -0.3 is 18.9 Å². The highest BCUT2D eigenvalue weighted by Crippen LogP contribution is 2.26. The number of hydrogen-bond acceptors (Lipinski definition) is 8. The van der Waals surface area contributed by atoms with Gasteiger partial charge >= 0.3 is 23.9 Å². The Balaban J connectivity index is 1.47. The quantitative estimate of drug-likeness (QED) is 0.0611. The Morgan fingerprint density at radius 3 is 1.55 bits per heavy atom. The van der Waals surface area contributed by atoms with Gasteiger partial charge in [0.05, 0.1) is 11.1 Å². The third kappa shape index (κ3) is 12.0. The fraction of sp³-hybridized carbons (Fsp3) is 0.371. The van der Waals surface area contributed by atoms with Crippen LogP contribution in [0.4, 0.5) is 0 Å². The van der Waals surface area contributed by atoms with Crippen LogP contribution in [0.2, 0.25) is 0 Å². The molecule has 3 rings (SSSR count). The Kier molecular flexibility index (Phi) is 14.6. The molecule has 0 aliphatic rings. The predicted octanol–water partition coefficient (Wildman–Crippen LogP) is 8.56. The summed E-state index contributed by atoms with van der Waals surface area (Å²) in [5.74, 6) is -0.446. The summed E-state index contributed by atoms with van der Waals surface area (Å²) in [6.07, 6.45) is 8.64. The zero-order valence-corrected chi connectivity index (χ0v) is 26.9. The molecule has 0 unspecified atom stereocenters. The number of carbonyl (C=O) groups excluding carboxylic acids is 4. The van der Waals surface area contributed by atoms with Gasteiger partial charge in [0.15, 0.2) is 0 Å². The molecule has 0 saturated carbocycles. The summed E-state index contributed by atoms with van der Waals surface area (Å²) in [5.41, 5.74) is 1.17.